The van der Waals surface area contributed by atoms with E-state index in [1.807, 2.05) is 6.92 Å². The summed E-state index contributed by atoms with van der Waals surface area (Å²) in [5.41, 5.74) is 5.99. The van der Waals surface area contributed by atoms with Gasteiger partial charge in [0.25, 0.3) is 0 Å². The highest BCUT2D eigenvalue weighted by atomic mass is 32.2. The third-order valence-electron chi connectivity index (χ3n) is 4.66. The first-order chi connectivity index (χ1) is 11.5. The van der Waals surface area contributed by atoms with Crippen LogP contribution in [0.4, 0.5) is 4.79 Å². The zero-order chi connectivity index (χ0) is 17.7. The molecule has 0 aromatic carbocycles. The number of nitrogens with one attached hydrogen (secondary N) is 1. The van der Waals surface area contributed by atoms with Crippen LogP contribution in [0.15, 0.2) is 0 Å². The van der Waals surface area contributed by atoms with Crippen molar-refractivity contribution in [1.82, 2.24) is 10.2 Å². The second-order valence-electron chi connectivity index (χ2n) is 6.51. The van der Waals surface area contributed by atoms with Crippen molar-refractivity contribution < 1.29 is 19.5 Å². The third-order valence-corrected chi connectivity index (χ3v) is 6.16. The van der Waals surface area contributed by atoms with Crippen molar-refractivity contribution in [2.75, 3.05) is 5.75 Å². The summed E-state index contributed by atoms with van der Waals surface area (Å²) in [6.45, 7) is 2.04. The Morgan fingerprint density at radius 3 is 2.83 bits per heavy atom. The molecule has 8 heteroatoms. The molecule has 2 rings (SSSR count). The summed E-state index contributed by atoms with van der Waals surface area (Å²) in [6, 6.07) is -1.15. The molecule has 2 heterocycles. The summed E-state index contributed by atoms with van der Waals surface area (Å²) in [5.74, 6) is -0.289. The largest absolute Gasteiger partial charge is 0.481 e. The van der Waals surface area contributed by atoms with E-state index in [1.54, 1.807) is 11.8 Å². The summed E-state index contributed by atoms with van der Waals surface area (Å²) >= 11 is 1.75. The number of carboxylic acid groups (broad SMARTS) is 1. The summed E-state index contributed by atoms with van der Waals surface area (Å²) in [6.07, 6.45) is 4.79. The first-order valence-electron chi connectivity index (χ1n) is 8.68. The molecule has 0 aromatic rings. The topological polar surface area (TPSA) is 113 Å². The molecule has 0 aliphatic carbocycles. The van der Waals surface area contributed by atoms with Gasteiger partial charge >= 0.3 is 12.0 Å². The summed E-state index contributed by atoms with van der Waals surface area (Å²) in [5, 5.41) is 11.8. The van der Waals surface area contributed by atoms with Gasteiger partial charge in [-0.05, 0) is 19.3 Å². The fraction of sp³-hybridized carbons (Fsp3) is 0.812. The monoisotopic (exact) mass is 357 g/mol. The number of unbranched alkanes of at least 4 members (excludes halogenated alkanes) is 2. The average Bonchev–Trinajstić information content (AvgIpc) is 3.06. The summed E-state index contributed by atoms with van der Waals surface area (Å²) < 4.78 is 0. The van der Waals surface area contributed by atoms with Gasteiger partial charge in [0.15, 0.2) is 0 Å². The van der Waals surface area contributed by atoms with Crippen LogP contribution < -0.4 is 11.1 Å². The number of nitrogens with zero attached hydrogens (tertiary/aromatic N) is 1. The smallest absolute Gasteiger partial charge is 0.324 e. The van der Waals surface area contributed by atoms with Crippen LogP contribution in [0.5, 0.6) is 0 Å². The fourth-order valence-corrected chi connectivity index (χ4v) is 4.95. The Morgan fingerprint density at radius 2 is 2.17 bits per heavy atom. The van der Waals surface area contributed by atoms with E-state index < -0.39 is 12.0 Å². The fourth-order valence-electron chi connectivity index (χ4n) is 3.37. The number of carbonyl (C=O) groups is 3. The van der Waals surface area contributed by atoms with E-state index in [4.69, 9.17) is 10.8 Å². The number of hydrogen-bond donors (Lipinski definition) is 3. The predicted octanol–water partition coefficient (Wildman–Crippen LogP) is 1.55. The number of nitrogens with two attached hydrogens (primary N) is 1. The van der Waals surface area contributed by atoms with E-state index in [2.05, 4.69) is 5.32 Å². The zero-order valence-electron chi connectivity index (χ0n) is 14.1. The lowest BCUT2D eigenvalue weighted by Gasteiger charge is -2.27. The maximum absolute atomic E-state index is 12.6. The van der Waals surface area contributed by atoms with Crippen molar-refractivity contribution in [3.05, 3.63) is 0 Å². The molecule has 1 unspecified atom stereocenters. The second kappa shape index (κ2) is 8.71. The van der Waals surface area contributed by atoms with Crippen molar-refractivity contribution in [2.24, 2.45) is 5.73 Å². The lowest BCUT2D eigenvalue weighted by Crippen LogP contribution is -2.51. The van der Waals surface area contributed by atoms with E-state index in [-0.39, 0.29) is 35.7 Å². The third kappa shape index (κ3) is 4.42. The van der Waals surface area contributed by atoms with E-state index >= 15 is 0 Å². The van der Waals surface area contributed by atoms with Gasteiger partial charge in [-0.25, -0.2) is 4.79 Å². The molecule has 2 fully saturated rings. The van der Waals surface area contributed by atoms with Crippen molar-refractivity contribution in [2.45, 2.75) is 75.2 Å². The lowest BCUT2D eigenvalue weighted by atomic mass is 10.0. The maximum Gasteiger partial charge on any atom is 0.324 e. The Labute approximate surface area is 146 Å². The van der Waals surface area contributed by atoms with Gasteiger partial charge < -0.3 is 16.2 Å². The Bertz CT molecular complexity index is 488. The number of thioether (sulfide) groups is 1. The molecule has 2 aliphatic rings. The van der Waals surface area contributed by atoms with Crippen LogP contribution in [-0.4, -0.2) is 57.0 Å². The van der Waals surface area contributed by atoms with Gasteiger partial charge in [-0.15, -0.1) is 0 Å². The predicted molar refractivity (Wildman–Crippen MR) is 92.8 cm³/mol. The molecule has 0 aromatic heterocycles. The Balaban J connectivity index is 1.96. The first-order valence-corrected chi connectivity index (χ1v) is 9.73. The molecule has 24 heavy (non-hydrogen) atoms. The van der Waals surface area contributed by atoms with Crippen LogP contribution >= 0.6 is 11.8 Å². The SMILES string of the molecule is CCCCC(N)C(=O)N1C(=O)N[C@@H]2CS[C@H](CCCCC(=O)O)[C@@H]21. The number of fused-ring (bicyclic) bond motifs is 1. The molecule has 0 spiro atoms. The van der Waals surface area contributed by atoms with Crippen molar-refractivity contribution in [3.8, 4) is 0 Å². The quantitative estimate of drug-likeness (QED) is 0.426. The highest BCUT2D eigenvalue weighted by molar-refractivity contribution is 8.00. The van der Waals surface area contributed by atoms with Crippen LogP contribution in [0.2, 0.25) is 0 Å². The Kier molecular flexibility index (Phi) is 6.91. The number of aliphatic carboxylic acids is 1. The molecule has 0 bridgehead atoms. The van der Waals surface area contributed by atoms with Gasteiger partial charge in [0.05, 0.1) is 18.1 Å². The molecular formula is C16H27N3O4S. The number of carbonyl (C=O) groups excluding carboxylic acids is 2. The molecule has 2 saturated heterocycles. The minimum absolute atomic E-state index is 0.0192. The van der Waals surface area contributed by atoms with Gasteiger partial charge in [0, 0.05) is 17.4 Å². The minimum atomic E-state index is -0.789. The van der Waals surface area contributed by atoms with E-state index in [0.29, 0.717) is 12.8 Å². The number of carboxylic acids is 1. The van der Waals surface area contributed by atoms with Gasteiger partial charge in [-0.2, -0.15) is 11.8 Å². The molecule has 0 radical (unpaired) electrons. The van der Waals surface area contributed by atoms with Crippen LogP contribution in [-0.2, 0) is 9.59 Å². The highest BCUT2D eigenvalue weighted by Gasteiger charge is 2.51. The summed E-state index contributed by atoms with van der Waals surface area (Å²) in [4.78, 5) is 36.8. The van der Waals surface area contributed by atoms with E-state index in [1.165, 1.54) is 4.90 Å². The molecule has 2 aliphatic heterocycles. The lowest BCUT2D eigenvalue weighted by molar-refractivity contribution is -0.137. The second-order valence-corrected chi connectivity index (χ2v) is 7.79. The normalized spacial score (nSPS) is 27.0. The van der Waals surface area contributed by atoms with Crippen molar-refractivity contribution in [3.63, 3.8) is 0 Å². The molecule has 4 N–H and O–H groups in total. The molecule has 0 saturated carbocycles. The molecule has 136 valence electrons. The van der Waals surface area contributed by atoms with Crippen LogP contribution in [0, 0.1) is 0 Å². The number of amides is 3. The molecule has 3 amide bonds. The standard InChI is InChI=1S/C16H27N3O4S/c1-2-3-6-10(17)15(22)19-14-11(18-16(19)23)9-24-12(14)7-4-5-8-13(20)21/h10-12,14H,2-9,17H2,1H3,(H,18,23)(H,20,21)/t10?,11-,12-,14-/m1/s1. The molecule has 7 nitrogen and oxygen atoms in total. The van der Waals surface area contributed by atoms with Crippen molar-refractivity contribution >= 4 is 29.7 Å². The highest BCUT2D eigenvalue weighted by Crippen LogP contribution is 2.37. The van der Waals surface area contributed by atoms with E-state index in [0.717, 1.165) is 31.4 Å². The van der Waals surface area contributed by atoms with Gasteiger partial charge in [0.2, 0.25) is 5.91 Å². The Morgan fingerprint density at radius 1 is 1.42 bits per heavy atom. The number of urea groups is 1. The number of rotatable bonds is 9. The van der Waals surface area contributed by atoms with E-state index in [9.17, 15) is 14.4 Å². The molecule has 4 atom stereocenters. The Hall–Kier alpha value is -1.28. The first kappa shape index (κ1) is 19.1. The van der Waals surface area contributed by atoms with Gasteiger partial charge in [-0.3, -0.25) is 14.5 Å². The number of imide groups is 1. The van der Waals surface area contributed by atoms with Gasteiger partial charge in [-0.1, -0.05) is 26.2 Å². The van der Waals surface area contributed by atoms with Crippen LogP contribution in [0.25, 0.3) is 0 Å². The number of hydrogen-bond acceptors (Lipinski definition) is 5. The summed E-state index contributed by atoms with van der Waals surface area (Å²) in [7, 11) is 0. The minimum Gasteiger partial charge on any atom is -0.481 e. The van der Waals surface area contributed by atoms with Crippen LogP contribution in [0.1, 0.15) is 51.9 Å². The molecular weight excluding hydrogens is 330 g/mol. The zero-order valence-corrected chi connectivity index (χ0v) is 14.9. The maximum atomic E-state index is 12.6. The van der Waals surface area contributed by atoms with Crippen LogP contribution in [0.3, 0.4) is 0 Å². The van der Waals surface area contributed by atoms with Crippen molar-refractivity contribution in [1.29, 1.82) is 0 Å². The average molecular weight is 357 g/mol. The van der Waals surface area contributed by atoms with Gasteiger partial charge in [0.1, 0.15) is 0 Å².